The van der Waals surface area contributed by atoms with Crippen molar-refractivity contribution in [2.24, 2.45) is 5.41 Å². The molecular weight excluding hydrogens is 114 g/mol. The first kappa shape index (κ1) is 7.03. The minimum Gasteiger partial charge on any atom is -0.365 e. The number of rotatable bonds is 0. The Hall–Kier alpha value is -0.0800. The fourth-order valence-corrected chi connectivity index (χ4v) is 0.951. The van der Waals surface area contributed by atoms with Gasteiger partial charge >= 0.3 is 0 Å². The molecule has 1 fully saturated rings. The molecule has 0 spiro atoms. The third-order valence-electron chi connectivity index (χ3n) is 1.76. The van der Waals surface area contributed by atoms with Gasteiger partial charge in [0.15, 0.2) is 0 Å². The second-order valence-electron chi connectivity index (χ2n) is 3.64. The number of ether oxygens (including phenoxy) is 1. The first-order chi connectivity index (χ1) is 4.11. The number of hydrogen-bond acceptors (Lipinski definition) is 2. The molecule has 2 nitrogen and oxygen atoms in total. The Morgan fingerprint density at radius 1 is 1.44 bits per heavy atom. The molecule has 2 heteroatoms. The summed E-state index contributed by atoms with van der Waals surface area (Å²) in [5.74, 6) is 0. The molecule has 9 heavy (non-hydrogen) atoms. The van der Waals surface area contributed by atoms with Crippen LogP contribution in [-0.4, -0.2) is 19.4 Å². The summed E-state index contributed by atoms with van der Waals surface area (Å²) in [6.07, 6.45) is 0. The second kappa shape index (κ2) is 2.27. The summed E-state index contributed by atoms with van der Waals surface area (Å²) in [5, 5.41) is 3.27. The Balaban J connectivity index is 2.42. The van der Waals surface area contributed by atoms with E-state index in [9.17, 15) is 0 Å². The van der Waals surface area contributed by atoms with Crippen LogP contribution in [0.5, 0.6) is 0 Å². The van der Waals surface area contributed by atoms with Crippen LogP contribution in [0, 0.1) is 5.41 Å². The van der Waals surface area contributed by atoms with Crippen LogP contribution >= 0.6 is 0 Å². The van der Waals surface area contributed by atoms with Gasteiger partial charge in [-0.25, -0.2) is 0 Å². The van der Waals surface area contributed by atoms with Gasteiger partial charge in [0.25, 0.3) is 0 Å². The zero-order valence-electron chi connectivity index (χ0n) is 6.40. The monoisotopic (exact) mass is 129 g/mol. The highest BCUT2D eigenvalue weighted by Crippen LogP contribution is 2.21. The lowest BCUT2D eigenvalue weighted by molar-refractivity contribution is 0.175. The van der Waals surface area contributed by atoms with Crippen molar-refractivity contribution in [3.8, 4) is 0 Å². The third kappa shape index (κ3) is 1.66. The van der Waals surface area contributed by atoms with Gasteiger partial charge in [0.2, 0.25) is 0 Å². The zero-order chi connectivity index (χ0) is 6.91. The van der Waals surface area contributed by atoms with Gasteiger partial charge in [-0.15, -0.1) is 0 Å². The quantitative estimate of drug-likeness (QED) is 0.526. The molecule has 0 aliphatic carbocycles. The Morgan fingerprint density at radius 3 is 2.33 bits per heavy atom. The van der Waals surface area contributed by atoms with E-state index in [0.717, 1.165) is 13.3 Å². The van der Waals surface area contributed by atoms with Gasteiger partial charge < -0.3 is 4.74 Å². The Labute approximate surface area is 56.6 Å². The molecule has 0 amide bonds. The highest BCUT2D eigenvalue weighted by Gasteiger charge is 2.27. The maximum Gasteiger partial charge on any atom is 0.0969 e. The molecular formula is C7H15NO. The molecule has 1 N–H and O–H groups in total. The fraction of sp³-hybridized carbons (Fsp3) is 1.00. The SMILES string of the molecule is CC(C)(C)[C@H]1COCN1. The van der Waals surface area contributed by atoms with Gasteiger partial charge in [-0.1, -0.05) is 20.8 Å². The molecule has 1 rings (SSSR count). The van der Waals surface area contributed by atoms with Crippen LogP contribution in [0.25, 0.3) is 0 Å². The predicted molar refractivity (Wildman–Crippen MR) is 37.2 cm³/mol. The standard InChI is InChI=1S/C7H15NO/c1-7(2,3)6-4-9-5-8-6/h6,8H,4-5H2,1-3H3/t6-/m1/s1. The number of hydrogen-bond donors (Lipinski definition) is 1. The lowest BCUT2D eigenvalue weighted by Gasteiger charge is -2.24. The minimum absolute atomic E-state index is 0.344. The molecule has 54 valence electrons. The Kier molecular flexibility index (Phi) is 1.78. The summed E-state index contributed by atoms with van der Waals surface area (Å²) < 4.78 is 5.17. The lowest BCUT2D eigenvalue weighted by atomic mass is 9.88. The van der Waals surface area contributed by atoms with Gasteiger partial charge in [0, 0.05) is 6.04 Å². The van der Waals surface area contributed by atoms with Crippen molar-refractivity contribution in [2.75, 3.05) is 13.3 Å². The van der Waals surface area contributed by atoms with E-state index in [1.165, 1.54) is 0 Å². The van der Waals surface area contributed by atoms with E-state index in [2.05, 4.69) is 26.1 Å². The average molecular weight is 129 g/mol. The first-order valence-corrected chi connectivity index (χ1v) is 3.42. The van der Waals surface area contributed by atoms with E-state index in [4.69, 9.17) is 4.74 Å². The fourth-order valence-electron chi connectivity index (χ4n) is 0.951. The summed E-state index contributed by atoms with van der Waals surface area (Å²) >= 11 is 0. The maximum absolute atomic E-state index is 5.17. The van der Waals surface area contributed by atoms with Gasteiger partial charge in [-0.3, -0.25) is 5.32 Å². The topological polar surface area (TPSA) is 21.3 Å². The normalized spacial score (nSPS) is 29.0. The van der Waals surface area contributed by atoms with E-state index in [0.29, 0.717) is 11.5 Å². The zero-order valence-corrected chi connectivity index (χ0v) is 6.40. The molecule has 0 aromatic rings. The van der Waals surface area contributed by atoms with Crippen LogP contribution in [0.1, 0.15) is 20.8 Å². The van der Waals surface area contributed by atoms with Gasteiger partial charge in [-0.05, 0) is 5.41 Å². The molecule has 0 aromatic heterocycles. The summed E-state index contributed by atoms with van der Waals surface area (Å²) in [4.78, 5) is 0. The average Bonchev–Trinajstić information content (AvgIpc) is 2.08. The maximum atomic E-state index is 5.17. The van der Waals surface area contributed by atoms with Crippen molar-refractivity contribution in [1.29, 1.82) is 0 Å². The molecule has 1 atom stereocenters. The molecule has 0 unspecified atom stereocenters. The molecule has 1 aliphatic rings. The van der Waals surface area contributed by atoms with Crippen LogP contribution in [0.4, 0.5) is 0 Å². The van der Waals surface area contributed by atoms with E-state index in [-0.39, 0.29) is 0 Å². The summed E-state index contributed by atoms with van der Waals surface area (Å²) in [5.41, 5.74) is 0.344. The summed E-state index contributed by atoms with van der Waals surface area (Å²) in [6, 6.07) is 0.539. The molecule has 0 saturated carbocycles. The van der Waals surface area contributed by atoms with E-state index >= 15 is 0 Å². The molecule has 0 radical (unpaired) electrons. The van der Waals surface area contributed by atoms with Crippen molar-refractivity contribution in [2.45, 2.75) is 26.8 Å². The highest BCUT2D eigenvalue weighted by atomic mass is 16.5. The Morgan fingerprint density at radius 2 is 2.11 bits per heavy atom. The van der Waals surface area contributed by atoms with Crippen molar-refractivity contribution in [1.82, 2.24) is 5.32 Å². The van der Waals surface area contributed by atoms with Gasteiger partial charge in [0.05, 0.1) is 13.3 Å². The molecule has 0 aromatic carbocycles. The van der Waals surface area contributed by atoms with E-state index in [1.807, 2.05) is 0 Å². The summed E-state index contributed by atoms with van der Waals surface area (Å²) in [7, 11) is 0. The molecule has 1 aliphatic heterocycles. The van der Waals surface area contributed by atoms with Gasteiger partial charge in [0.1, 0.15) is 0 Å². The summed E-state index contributed by atoms with van der Waals surface area (Å²) in [6.45, 7) is 8.25. The van der Waals surface area contributed by atoms with E-state index < -0.39 is 0 Å². The van der Waals surface area contributed by atoms with E-state index in [1.54, 1.807) is 0 Å². The minimum atomic E-state index is 0.344. The molecule has 0 bridgehead atoms. The number of nitrogens with one attached hydrogen (secondary N) is 1. The van der Waals surface area contributed by atoms with Crippen LogP contribution in [0.2, 0.25) is 0 Å². The molecule has 1 heterocycles. The largest absolute Gasteiger partial charge is 0.365 e. The van der Waals surface area contributed by atoms with Crippen LogP contribution in [-0.2, 0) is 4.74 Å². The molecule has 1 saturated heterocycles. The lowest BCUT2D eigenvalue weighted by Crippen LogP contribution is -2.36. The van der Waals surface area contributed by atoms with Crippen molar-refractivity contribution < 1.29 is 4.74 Å². The first-order valence-electron chi connectivity index (χ1n) is 3.42. The van der Waals surface area contributed by atoms with Gasteiger partial charge in [-0.2, -0.15) is 0 Å². The smallest absolute Gasteiger partial charge is 0.0969 e. The highest BCUT2D eigenvalue weighted by molar-refractivity contribution is 4.81. The predicted octanol–water partition coefficient (Wildman–Crippen LogP) is 0.978. The second-order valence-corrected chi connectivity index (χ2v) is 3.64. The van der Waals surface area contributed by atoms with Crippen LogP contribution in [0.15, 0.2) is 0 Å². The third-order valence-corrected chi connectivity index (χ3v) is 1.76. The van der Waals surface area contributed by atoms with Crippen LogP contribution < -0.4 is 5.32 Å². The van der Waals surface area contributed by atoms with Crippen LogP contribution in [0.3, 0.4) is 0 Å². The van der Waals surface area contributed by atoms with Crippen molar-refractivity contribution >= 4 is 0 Å². The Bertz CT molecular complexity index is 89.6. The van der Waals surface area contributed by atoms with Crippen molar-refractivity contribution in [3.05, 3.63) is 0 Å². The van der Waals surface area contributed by atoms with Crippen molar-refractivity contribution in [3.63, 3.8) is 0 Å².